The summed E-state index contributed by atoms with van der Waals surface area (Å²) >= 11 is 0. The highest BCUT2D eigenvalue weighted by atomic mass is 16.5. The summed E-state index contributed by atoms with van der Waals surface area (Å²) in [4.78, 5) is 29.3. The normalized spacial score (nSPS) is 18.9. The van der Waals surface area contributed by atoms with E-state index < -0.39 is 0 Å². The van der Waals surface area contributed by atoms with Gasteiger partial charge in [-0.3, -0.25) is 9.59 Å². The second kappa shape index (κ2) is 11.1. The van der Waals surface area contributed by atoms with E-state index in [0.717, 1.165) is 19.3 Å². The van der Waals surface area contributed by atoms with Crippen molar-refractivity contribution in [3.8, 4) is 5.75 Å². The maximum absolute atomic E-state index is 12.9. The van der Waals surface area contributed by atoms with Crippen LogP contribution < -0.4 is 4.74 Å². The number of carbonyl (C=O) groups excluding carboxylic acids is 2. The maximum Gasteiger partial charge on any atom is 0.257 e. The summed E-state index contributed by atoms with van der Waals surface area (Å²) in [6.07, 6.45) is 2.94. The topological polar surface area (TPSA) is 59.1 Å². The minimum Gasteiger partial charge on any atom is -0.491 e. The average molecular weight is 391 g/mol. The van der Waals surface area contributed by atoms with E-state index in [4.69, 9.17) is 9.47 Å². The highest BCUT2D eigenvalue weighted by molar-refractivity contribution is 5.96. The standard InChI is InChI=1S/C22H34N2O4/c1-17(2)15-18-16-28-20-10-6-5-9-19(20)22(26)23(3)12-7-8-13-24(18)21(25)11-14-27-4/h5-6,9-10,17-18H,7-8,11-16H2,1-4H3/t18-/m0/s1. The van der Waals surface area contributed by atoms with Gasteiger partial charge in [-0.1, -0.05) is 26.0 Å². The van der Waals surface area contributed by atoms with Crippen molar-refractivity contribution in [3.63, 3.8) is 0 Å². The molecular weight excluding hydrogens is 356 g/mol. The summed E-state index contributed by atoms with van der Waals surface area (Å²) < 4.78 is 11.2. The van der Waals surface area contributed by atoms with Crippen LogP contribution in [0.1, 0.15) is 49.9 Å². The van der Waals surface area contributed by atoms with E-state index in [2.05, 4.69) is 13.8 Å². The third-order valence-electron chi connectivity index (χ3n) is 5.06. The zero-order chi connectivity index (χ0) is 20.5. The van der Waals surface area contributed by atoms with Crippen molar-refractivity contribution in [2.75, 3.05) is 40.5 Å². The Morgan fingerprint density at radius 3 is 2.68 bits per heavy atom. The van der Waals surface area contributed by atoms with Crippen LogP contribution in [0.3, 0.4) is 0 Å². The van der Waals surface area contributed by atoms with Crippen LogP contribution in [0.15, 0.2) is 24.3 Å². The molecule has 0 radical (unpaired) electrons. The number of carbonyl (C=O) groups is 2. The molecule has 0 bridgehead atoms. The van der Waals surface area contributed by atoms with Gasteiger partial charge in [-0.2, -0.15) is 0 Å². The molecule has 0 spiro atoms. The van der Waals surface area contributed by atoms with Crippen LogP contribution in [0.4, 0.5) is 0 Å². The molecule has 0 fully saturated rings. The van der Waals surface area contributed by atoms with E-state index in [1.165, 1.54) is 0 Å². The van der Waals surface area contributed by atoms with E-state index in [1.54, 1.807) is 18.1 Å². The summed E-state index contributed by atoms with van der Waals surface area (Å²) in [5.74, 6) is 1.09. The minimum absolute atomic E-state index is 0.0235. The Balaban J connectivity index is 2.29. The summed E-state index contributed by atoms with van der Waals surface area (Å²) in [5.41, 5.74) is 0.575. The van der Waals surface area contributed by atoms with Gasteiger partial charge in [0, 0.05) is 27.2 Å². The lowest BCUT2D eigenvalue weighted by Crippen LogP contribution is -2.45. The van der Waals surface area contributed by atoms with Gasteiger partial charge in [0.1, 0.15) is 12.4 Å². The average Bonchev–Trinajstić information content (AvgIpc) is 2.68. The van der Waals surface area contributed by atoms with Gasteiger partial charge in [-0.05, 0) is 37.3 Å². The zero-order valence-electron chi connectivity index (χ0n) is 17.6. The number of benzene rings is 1. The van der Waals surface area contributed by atoms with Gasteiger partial charge >= 0.3 is 0 Å². The highest BCUT2D eigenvalue weighted by Crippen LogP contribution is 2.23. The number of fused-ring (bicyclic) bond motifs is 1. The Kier molecular flexibility index (Phi) is 8.77. The Morgan fingerprint density at radius 1 is 1.25 bits per heavy atom. The number of para-hydroxylation sites is 1. The molecular formula is C22H34N2O4. The third-order valence-corrected chi connectivity index (χ3v) is 5.06. The first-order valence-corrected chi connectivity index (χ1v) is 10.2. The number of amides is 2. The van der Waals surface area contributed by atoms with Crippen LogP contribution in [0.25, 0.3) is 0 Å². The van der Waals surface area contributed by atoms with Gasteiger partial charge in [0.05, 0.1) is 24.6 Å². The molecule has 0 saturated carbocycles. The summed E-state index contributed by atoms with van der Waals surface area (Å²) in [6, 6.07) is 7.34. The fourth-order valence-electron chi connectivity index (χ4n) is 3.57. The molecule has 6 nitrogen and oxygen atoms in total. The van der Waals surface area contributed by atoms with Crippen molar-refractivity contribution in [1.82, 2.24) is 9.80 Å². The molecule has 1 aliphatic heterocycles. The second-order valence-corrected chi connectivity index (χ2v) is 7.85. The van der Waals surface area contributed by atoms with E-state index in [1.807, 2.05) is 30.1 Å². The molecule has 6 heteroatoms. The first-order chi connectivity index (χ1) is 13.4. The Morgan fingerprint density at radius 2 is 1.96 bits per heavy atom. The molecule has 0 aromatic heterocycles. The van der Waals surface area contributed by atoms with Crippen molar-refractivity contribution in [1.29, 1.82) is 0 Å². The number of rotatable bonds is 5. The molecule has 28 heavy (non-hydrogen) atoms. The Hall–Kier alpha value is -2.08. The molecule has 0 unspecified atom stereocenters. The first kappa shape index (κ1) is 22.2. The van der Waals surface area contributed by atoms with Crippen molar-refractivity contribution in [2.45, 2.75) is 45.6 Å². The van der Waals surface area contributed by atoms with Crippen LogP contribution in [0.5, 0.6) is 5.75 Å². The second-order valence-electron chi connectivity index (χ2n) is 7.85. The van der Waals surface area contributed by atoms with Crippen molar-refractivity contribution in [3.05, 3.63) is 29.8 Å². The van der Waals surface area contributed by atoms with Crippen LogP contribution in [-0.4, -0.2) is 68.1 Å². The van der Waals surface area contributed by atoms with Gasteiger partial charge in [-0.25, -0.2) is 0 Å². The third kappa shape index (κ3) is 6.23. The molecule has 0 saturated heterocycles. The van der Waals surface area contributed by atoms with Gasteiger partial charge in [0.2, 0.25) is 5.91 Å². The molecule has 1 aliphatic rings. The number of nitrogens with zero attached hydrogens (tertiary/aromatic N) is 2. The molecule has 0 N–H and O–H groups in total. The van der Waals surface area contributed by atoms with Crippen LogP contribution in [0.2, 0.25) is 0 Å². The van der Waals surface area contributed by atoms with E-state index >= 15 is 0 Å². The van der Waals surface area contributed by atoms with Crippen molar-refractivity contribution >= 4 is 11.8 Å². The molecule has 156 valence electrons. The molecule has 2 rings (SSSR count). The van der Waals surface area contributed by atoms with Gasteiger partial charge in [0.25, 0.3) is 5.91 Å². The Bertz CT molecular complexity index is 647. The summed E-state index contributed by atoms with van der Waals surface area (Å²) in [7, 11) is 3.43. The minimum atomic E-state index is -0.0235. The summed E-state index contributed by atoms with van der Waals surface area (Å²) in [5, 5.41) is 0. The molecule has 0 aliphatic carbocycles. The predicted octanol–water partition coefficient (Wildman–Crippen LogP) is 3.21. The van der Waals surface area contributed by atoms with Gasteiger partial charge in [-0.15, -0.1) is 0 Å². The van der Waals surface area contributed by atoms with E-state index in [9.17, 15) is 9.59 Å². The molecule has 1 aromatic rings. The lowest BCUT2D eigenvalue weighted by molar-refractivity contribution is -0.135. The van der Waals surface area contributed by atoms with E-state index in [-0.39, 0.29) is 17.9 Å². The van der Waals surface area contributed by atoms with Crippen LogP contribution >= 0.6 is 0 Å². The largest absolute Gasteiger partial charge is 0.491 e. The smallest absolute Gasteiger partial charge is 0.257 e. The SMILES string of the molecule is COCCC(=O)N1CCCCN(C)C(=O)c2ccccc2OC[C@@H]1CC(C)C. The summed E-state index contributed by atoms with van der Waals surface area (Å²) in [6.45, 7) is 6.44. The van der Waals surface area contributed by atoms with Crippen molar-refractivity contribution in [2.24, 2.45) is 5.92 Å². The number of ether oxygens (including phenoxy) is 2. The first-order valence-electron chi connectivity index (χ1n) is 10.2. The maximum atomic E-state index is 12.9. The number of hydrogen-bond acceptors (Lipinski definition) is 4. The molecule has 1 aromatic carbocycles. The van der Waals surface area contributed by atoms with Crippen LogP contribution in [-0.2, 0) is 9.53 Å². The number of hydrogen-bond donors (Lipinski definition) is 0. The monoisotopic (exact) mass is 390 g/mol. The lowest BCUT2D eigenvalue weighted by Gasteiger charge is -2.34. The van der Waals surface area contributed by atoms with Crippen LogP contribution in [0, 0.1) is 5.92 Å². The highest BCUT2D eigenvalue weighted by Gasteiger charge is 2.26. The van der Waals surface area contributed by atoms with Gasteiger partial charge in [0.15, 0.2) is 0 Å². The predicted molar refractivity (Wildman–Crippen MR) is 110 cm³/mol. The van der Waals surface area contributed by atoms with E-state index in [0.29, 0.717) is 50.0 Å². The van der Waals surface area contributed by atoms with Crippen molar-refractivity contribution < 1.29 is 19.1 Å². The fourth-order valence-corrected chi connectivity index (χ4v) is 3.57. The Labute approximate surface area is 168 Å². The molecule has 1 heterocycles. The lowest BCUT2D eigenvalue weighted by atomic mass is 10.0. The zero-order valence-corrected chi connectivity index (χ0v) is 17.6. The molecule has 2 amide bonds. The number of methoxy groups -OCH3 is 1. The fraction of sp³-hybridized carbons (Fsp3) is 0.636. The van der Waals surface area contributed by atoms with Gasteiger partial charge < -0.3 is 19.3 Å². The molecule has 1 atom stereocenters. The quantitative estimate of drug-likeness (QED) is 0.775.